The number of halogens is 1. The van der Waals surface area contributed by atoms with Crippen LogP contribution in [0.15, 0.2) is 0 Å². The molecule has 0 aromatic carbocycles. The van der Waals surface area contributed by atoms with E-state index in [9.17, 15) is 0 Å². The first-order valence-electron chi connectivity index (χ1n) is 5.29. The Bertz CT molecular complexity index is 263. The highest BCUT2D eigenvalue weighted by Crippen LogP contribution is 2.17. The Labute approximate surface area is 101 Å². The summed E-state index contributed by atoms with van der Waals surface area (Å²) in [7, 11) is 0. The molecular weight excluding hydrogens is 230 g/mol. The van der Waals surface area contributed by atoms with Crippen molar-refractivity contribution < 1.29 is 4.74 Å². The van der Waals surface area contributed by atoms with Gasteiger partial charge in [-0.3, -0.25) is 16.1 Å². The summed E-state index contributed by atoms with van der Waals surface area (Å²) >= 11 is 0. The van der Waals surface area contributed by atoms with E-state index in [0.717, 1.165) is 25.9 Å². The Morgan fingerprint density at radius 2 is 1.81 bits per heavy atom. The summed E-state index contributed by atoms with van der Waals surface area (Å²) in [6.07, 6.45) is 2.27. The van der Waals surface area contributed by atoms with E-state index in [1.54, 1.807) is 0 Å². The lowest BCUT2D eigenvalue weighted by Gasteiger charge is -2.29. The monoisotopic (exact) mass is 247 g/mol. The molecule has 1 heterocycles. The highest BCUT2D eigenvalue weighted by molar-refractivity contribution is 5.95. The Kier molecular flexibility index (Phi) is 4.82. The van der Waals surface area contributed by atoms with Gasteiger partial charge in [0, 0.05) is 19.1 Å². The molecule has 0 spiro atoms. The molecule has 0 unspecified atom stereocenters. The van der Waals surface area contributed by atoms with E-state index in [1.165, 1.54) is 0 Å². The molecule has 16 heavy (non-hydrogen) atoms. The van der Waals surface area contributed by atoms with Crippen molar-refractivity contribution in [3.8, 4) is 0 Å². The van der Waals surface area contributed by atoms with Gasteiger partial charge in [-0.25, -0.2) is 0 Å². The third-order valence-electron chi connectivity index (χ3n) is 2.50. The number of morpholine rings is 1. The smallest absolute Gasteiger partial charge is 0.198 e. The van der Waals surface area contributed by atoms with E-state index < -0.39 is 0 Å². The maximum Gasteiger partial charge on any atom is 0.198 e. The fraction of sp³-hybridized carbons (Fsp3) is 0.778. The third-order valence-corrected chi connectivity index (χ3v) is 2.50. The summed E-state index contributed by atoms with van der Waals surface area (Å²) in [6, 6.07) is 0.447. The topological polar surface area (TPSA) is 84.2 Å². The molecule has 1 aliphatic heterocycles. The number of nitrogens with zero attached hydrogens (tertiary/aromatic N) is 1. The molecule has 0 amide bonds. The molecule has 6 nitrogen and oxygen atoms in total. The summed E-state index contributed by atoms with van der Waals surface area (Å²) < 4.78 is 5.19. The van der Waals surface area contributed by atoms with Gasteiger partial charge in [0.25, 0.3) is 0 Å². The molecule has 0 radical (unpaired) electrons. The lowest BCUT2D eigenvalue weighted by Crippen LogP contribution is -2.51. The summed E-state index contributed by atoms with van der Waals surface area (Å²) in [6.45, 7) is 2.77. The van der Waals surface area contributed by atoms with Gasteiger partial charge < -0.3 is 15.0 Å². The Hall–Kier alpha value is -1.01. The largest absolute Gasteiger partial charge is 0.378 e. The first kappa shape index (κ1) is 13.1. The highest BCUT2D eigenvalue weighted by Gasteiger charge is 2.23. The van der Waals surface area contributed by atoms with Crippen LogP contribution in [0.3, 0.4) is 0 Å². The lowest BCUT2D eigenvalue weighted by molar-refractivity contribution is 0.0666. The number of guanidine groups is 2. The van der Waals surface area contributed by atoms with E-state index in [-0.39, 0.29) is 24.3 Å². The van der Waals surface area contributed by atoms with Crippen molar-refractivity contribution in [3.05, 3.63) is 0 Å². The second kappa shape index (κ2) is 5.91. The van der Waals surface area contributed by atoms with Crippen molar-refractivity contribution in [3.63, 3.8) is 0 Å². The summed E-state index contributed by atoms with van der Waals surface area (Å²) in [5, 5.41) is 21.1. The van der Waals surface area contributed by atoms with Gasteiger partial charge in [-0.05, 0) is 12.8 Å². The van der Waals surface area contributed by atoms with Crippen LogP contribution in [0.5, 0.6) is 0 Å². The van der Waals surface area contributed by atoms with Gasteiger partial charge in [0.1, 0.15) is 0 Å². The zero-order valence-corrected chi connectivity index (χ0v) is 9.90. The first-order valence-corrected chi connectivity index (χ1v) is 5.29. The maximum atomic E-state index is 7.76. The average molecular weight is 248 g/mol. The molecule has 0 bridgehead atoms. The SMILES string of the molecule is Cl.N=C(NC(=N)N1CCOCC1)NC1CC1. The zero-order valence-electron chi connectivity index (χ0n) is 9.08. The summed E-state index contributed by atoms with van der Waals surface area (Å²) in [5.41, 5.74) is 0. The minimum atomic E-state index is 0. The normalized spacial score (nSPS) is 19.6. The van der Waals surface area contributed by atoms with Crippen molar-refractivity contribution in [2.24, 2.45) is 0 Å². The first-order chi connectivity index (χ1) is 7.25. The fourth-order valence-corrected chi connectivity index (χ4v) is 1.45. The minimum Gasteiger partial charge on any atom is -0.378 e. The van der Waals surface area contributed by atoms with E-state index >= 15 is 0 Å². The molecule has 2 fully saturated rings. The van der Waals surface area contributed by atoms with Crippen molar-refractivity contribution in [1.82, 2.24) is 15.5 Å². The molecule has 1 aliphatic carbocycles. The summed E-state index contributed by atoms with van der Waals surface area (Å²) in [4.78, 5) is 1.88. The Balaban J connectivity index is 0.00000128. The Morgan fingerprint density at radius 3 is 2.38 bits per heavy atom. The third kappa shape index (κ3) is 3.86. The van der Waals surface area contributed by atoms with Gasteiger partial charge in [-0.2, -0.15) is 0 Å². The highest BCUT2D eigenvalue weighted by atomic mass is 35.5. The second-order valence-corrected chi connectivity index (χ2v) is 3.87. The van der Waals surface area contributed by atoms with Gasteiger partial charge in [-0.15, -0.1) is 12.4 Å². The zero-order chi connectivity index (χ0) is 10.7. The van der Waals surface area contributed by atoms with Gasteiger partial charge in [0.05, 0.1) is 13.2 Å². The van der Waals surface area contributed by atoms with Crippen molar-refractivity contribution in [2.75, 3.05) is 26.3 Å². The molecule has 2 rings (SSSR count). The van der Waals surface area contributed by atoms with Gasteiger partial charge in [0.2, 0.25) is 0 Å². The number of rotatable bonds is 1. The van der Waals surface area contributed by atoms with Crippen LogP contribution >= 0.6 is 12.4 Å². The molecule has 1 saturated heterocycles. The van der Waals surface area contributed by atoms with Crippen LogP contribution in [0.25, 0.3) is 0 Å². The van der Waals surface area contributed by atoms with E-state index in [1.807, 2.05) is 4.90 Å². The van der Waals surface area contributed by atoms with E-state index in [0.29, 0.717) is 19.3 Å². The molecule has 2 aliphatic rings. The molecule has 92 valence electrons. The van der Waals surface area contributed by atoms with Crippen molar-refractivity contribution >= 4 is 24.3 Å². The molecule has 0 atom stereocenters. The number of nitrogens with one attached hydrogen (secondary N) is 4. The quantitative estimate of drug-likeness (QED) is 0.387. The van der Waals surface area contributed by atoms with Gasteiger partial charge in [-0.1, -0.05) is 0 Å². The van der Waals surface area contributed by atoms with Crippen molar-refractivity contribution in [1.29, 1.82) is 10.8 Å². The summed E-state index contributed by atoms with van der Waals surface area (Å²) in [5.74, 6) is 0.519. The van der Waals surface area contributed by atoms with Crippen LogP contribution < -0.4 is 10.6 Å². The Morgan fingerprint density at radius 1 is 1.19 bits per heavy atom. The molecule has 1 saturated carbocycles. The van der Waals surface area contributed by atoms with Crippen LogP contribution in [-0.4, -0.2) is 49.2 Å². The number of ether oxygens (including phenoxy) is 1. The van der Waals surface area contributed by atoms with Gasteiger partial charge in [0.15, 0.2) is 11.9 Å². The van der Waals surface area contributed by atoms with Gasteiger partial charge >= 0.3 is 0 Å². The van der Waals surface area contributed by atoms with Crippen molar-refractivity contribution in [2.45, 2.75) is 18.9 Å². The van der Waals surface area contributed by atoms with Crippen LogP contribution in [0.2, 0.25) is 0 Å². The molecule has 0 aromatic heterocycles. The van der Waals surface area contributed by atoms with Crippen LogP contribution in [0, 0.1) is 10.8 Å². The van der Waals surface area contributed by atoms with Crippen LogP contribution in [-0.2, 0) is 4.74 Å². The maximum absolute atomic E-state index is 7.76. The molecule has 0 aromatic rings. The molecule has 4 N–H and O–H groups in total. The molecular formula is C9H18ClN5O. The average Bonchev–Trinajstić information content (AvgIpc) is 3.03. The van der Waals surface area contributed by atoms with Crippen LogP contribution in [0.1, 0.15) is 12.8 Å². The van der Waals surface area contributed by atoms with E-state index in [4.69, 9.17) is 15.6 Å². The lowest BCUT2D eigenvalue weighted by atomic mass is 10.4. The number of hydrogen-bond donors (Lipinski definition) is 4. The predicted octanol–water partition coefficient (Wildman–Crippen LogP) is -0.0485. The van der Waals surface area contributed by atoms with Crippen LogP contribution in [0.4, 0.5) is 0 Å². The number of hydrogen-bond acceptors (Lipinski definition) is 3. The second-order valence-electron chi connectivity index (χ2n) is 3.87. The fourth-order valence-electron chi connectivity index (χ4n) is 1.45. The molecule has 7 heteroatoms. The van der Waals surface area contributed by atoms with E-state index in [2.05, 4.69) is 10.6 Å². The standard InChI is InChI=1S/C9H17N5O.ClH/c10-8(12-7-1-2-7)13-9(11)14-3-5-15-6-4-14;/h7H,1-6H2,(H4,10,11,12,13);1H. The minimum absolute atomic E-state index is 0. The predicted molar refractivity (Wildman–Crippen MR) is 64.4 cm³/mol.